The summed E-state index contributed by atoms with van der Waals surface area (Å²) in [6.07, 6.45) is -1.18. The molecule has 176 valence electrons. The van der Waals surface area contributed by atoms with Crippen LogP contribution in [0.15, 0.2) is 72.8 Å². The van der Waals surface area contributed by atoms with Crippen LogP contribution in [-0.2, 0) is 9.53 Å². The summed E-state index contributed by atoms with van der Waals surface area (Å²) in [5.74, 6) is -0.728. The van der Waals surface area contributed by atoms with Crippen LogP contribution in [0.4, 0.5) is 8.78 Å². The highest BCUT2D eigenvalue weighted by molar-refractivity contribution is 6.32. The van der Waals surface area contributed by atoms with Crippen molar-refractivity contribution in [3.05, 3.63) is 88.9 Å². The van der Waals surface area contributed by atoms with Gasteiger partial charge in [-0.2, -0.15) is 14.0 Å². The standard InChI is InChI=1S/C26H22ClF2NO4/c1-16(2)24(18-11-12-22(21(27)14-18)34-26(28)29)25(31)33-23(15-30)17-7-6-10-20(13-17)32-19-8-4-3-5-9-19/h3-14,16,23-24,26H,1-2H3. The molecule has 0 aliphatic heterocycles. The van der Waals surface area contributed by atoms with Crippen LogP contribution in [0.5, 0.6) is 17.2 Å². The molecule has 0 amide bonds. The number of hydrogen-bond acceptors (Lipinski definition) is 5. The average Bonchev–Trinajstić information content (AvgIpc) is 2.79. The van der Waals surface area contributed by atoms with Crippen LogP contribution in [0.1, 0.15) is 37.0 Å². The van der Waals surface area contributed by atoms with E-state index in [9.17, 15) is 18.8 Å². The molecule has 2 unspecified atom stereocenters. The third kappa shape index (κ3) is 6.46. The molecule has 0 fully saturated rings. The molecular weight excluding hydrogens is 464 g/mol. The predicted molar refractivity (Wildman–Crippen MR) is 123 cm³/mol. The van der Waals surface area contributed by atoms with Gasteiger partial charge in [-0.3, -0.25) is 4.79 Å². The number of nitrogens with zero attached hydrogens (tertiary/aromatic N) is 1. The van der Waals surface area contributed by atoms with Gasteiger partial charge in [0.05, 0.1) is 10.9 Å². The van der Waals surface area contributed by atoms with Gasteiger partial charge in [-0.25, -0.2) is 0 Å². The molecule has 5 nitrogen and oxygen atoms in total. The fourth-order valence-corrected chi connectivity index (χ4v) is 3.65. The summed E-state index contributed by atoms with van der Waals surface area (Å²) in [6, 6.07) is 22.0. The molecule has 34 heavy (non-hydrogen) atoms. The number of carbonyl (C=O) groups is 1. The first-order valence-corrected chi connectivity index (χ1v) is 10.8. The van der Waals surface area contributed by atoms with Gasteiger partial charge in [0.1, 0.15) is 23.3 Å². The van der Waals surface area contributed by atoms with Gasteiger partial charge in [0.25, 0.3) is 0 Å². The number of halogens is 3. The second-order valence-corrected chi connectivity index (χ2v) is 8.13. The topological polar surface area (TPSA) is 68.6 Å². The van der Waals surface area contributed by atoms with Crippen molar-refractivity contribution in [2.75, 3.05) is 0 Å². The zero-order valence-electron chi connectivity index (χ0n) is 18.5. The van der Waals surface area contributed by atoms with Crippen LogP contribution in [0, 0.1) is 17.2 Å². The van der Waals surface area contributed by atoms with E-state index in [1.165, 1.54) is 18.2 Å². The molecule has 0 saturated heterocycles. The van der Waals surface area contributed by atoms with Crippen molar-refractivity contribution in [2.45, 2.75) is 32.5 Å². The largest absolute Gasteiger partial charge is 0.457 e. The minimum atomic E-state index is -3.02. The molecule has 0 heterocycles. The molecule has 3 rings (SSSR count). The van der Waals surface area contributed by atoms with E-state index < -0.39 is 24.6 Å². The van der Waals surface area contributed by atoms with Crippen LogP contribution in [0.3, 0.4) is 0 Å². The quantitative estimate of drug-likeness (QED) is 0.298. The van der Waals surface area contributed by atoms with Crippen molar-refractivity contribution in [1.82, 2.24) is 0 Å². The number of carbonyl (C=O) groups excluding carboxylic acids is 1. The van der Waals surface area contributed by atoms with Crippen LogP contribution in [0.2, 0.25) is 5.02 Å². The van der Waals surface area contributed by atoms with Crippen molar-refractivity contribution in [2.24, 2.45) is 5.92 Å². The number of hydrogen-bond donors (Lipinski definition) is 0. The SMILES string of the molecule is CC(C)C(C(=O)OC(C#N)c1cccc(Oc2ccccc2)c1)c1ccc(OC(F)F)c(Cl)c1. The highest BCUT2D eigenvalue weighted by Gasteiger charge is 2.29. The van der Waals surface area contributed by atoms with Crippen molar-refractivity contribution in [3.63, 3.8) is 0 Å². The molecule has 3 aromatic rings. The monoisotopic (exact) mass is 485 g/mol. The van der Waals surface area contributed by atoms with E-state index in [4.69, 9.17) is 21.1 Å². The van der Waals surface area contributed by atoms with E-state index in [2.05, 4.69) is 4.74 Å². The molecule has 0 aliphatic carbocycles. The van der Waals surface area contributed by atoms with E-state index in [0.717, 1.165) is 0 Å². The number of esters is 1. The Balaban J connectivity index is 1.79. The number of rotatable bonds is 9. The maximum absolute atomic E-state index is 13.1. The molecule has 0 N–H and O–H groups in total. The Morgan fingerprint density at radius 3 is 2.26 bits per heavy atom. The predicted octanol–water partition coefficient (Wildman–Crippen LogP) is 7.28. The van der Waals surface area contributed by atoms with E-state index in [0.29, 0.717) is 22.6 Å². The molecule has 0 spiro atoms. The lowest BCUT2D eigenvalue weighted by atomic mass is 9.88. The van der Waals surface area contributed by atoms with Gasteiger partial charge in [-0.15, -0.1) is 0 Å². The van der Waals surface area contributed by atoms with Gasteiger partial charge in [0, 0.05) is 5.56 Å². The molecule has 0 saturated carbocycles. The summed E-state index contributed by atoms with van der Waals surface area (Å²) in [7, 11) is 0. The van der Waals surface area contributed by atoms with Crippen molar-refractivity contribution in [1.29, 1.82) is 5.26 Å². The number of nitriles is 1. The molecular formula is C26H22ClF2NO4. The fraction of sp³-hybridized carbons (Fsp3) is 0.231. The summed E-state index contributed by atoms with van der Waals surface area (Å²) in [5, 5.41) is 9.63. The molecule has 8 heteroatoms. The average molecular weight is 486 g/mol. The second-order valence-electron chi connectivity index (χ2n) is 7.72. The normalized spacial score (nSPS) is 12.6. The molecule has 0 radical (unpaired) electrons. The van der Waals surface area contributed by atoms with E-state index in [-0.39, 0.29) is 16.7 Å². The van der Waals surface area contributed by atoms with Crippen LogP contribution in [0.25, 0.3) is 0 Å². The summed E-state index contributed by atoms with van der Waals surface area (Å²) >= 11 is 6.06. The Labute approximate surface area is 201 Å². The minimum absolute atomic E-state index is 0.0566. The summed E-state index contributed by atoms with van der Waals surface area (Å²) in [5.41, 5.74) is 0.912. The molecule has 0 aromatic heterocycles. The smallest absolute Gasteiger partial charge is 0.387 e. The highest BCUT2D eigenvalue weighted by atomic mass is 35.5. The fourth-order valence-electron chi connectivity index (χ4n) is 3.42. The van der Waals surface area contributed by atoms with E-state index in [1.807, 2.05) is 24.3 Å². The van der Waals surface area contributed by atoms with Gasteiger partial charge < -0.3 is 14.2 Å². The summed E-state index contributed by atoms with van der Waals surface area (Å²) in [6.45, 7) is 0.588. The molecule has 2 atom stereocenters. The zero-order valence-corrected chi connectivity index (χ0v) is 19.2. The Morgan fingerprint density at radius 1 is 0.941 bits per heavy atom. The van der Waals surface area contributed by atoms with E-state index >= 15 is 0 Å². The maximum atomic E-state index is 13.1. The first-order valence-electron chi connectivity index (χ1n) is 10.5. The Hall–Kier alpha value is -3.63. The lowest BCUT2D eigenvalue weighted by Crippen LogP contribution is -2.22. The second kappa shape index (κ2) is 11.5. The van der Waals surface area contributed by atoms with Crippen molar-refractivity contribution < 1.29 is 27.8 Å². The lowest BCUT2D eigenvalue weighted by Gasteiger charge is -2.22. The number of alkyl halides is 2. The first-order chi connectivity index (χ1) is 16.3. The third-order valence-electron chi connectivity index (χ3n) is 4.94. The van der Waals surface area contributed by atoms with Gasteiger partial charge in [0.15, 0.2) is 0 Å². The maximum Gasteiger partial charge on any atom is 0.387 e. The third-order valence-corrected chi connectivity index (χ3v) is 5.24. The van der Waals surface area contributed by atoms with Crippen LogP contribution < -0.4 is 9.47 Å². The number of para-hydroxylation sites is 1. The van der Waals surface area contributed by atoms with E-state index in [1.54, 1.807) is 50.2 Å². The number of ether oxygens (including phenoxy) is 3. The van der Waals surface area contributed by atoms with Crippen LogP contribution in [-0.4, -0.2) is 12.6 Å². The van der Waals surface area contributed by atoms with Crippen molar-refractivity contribution in [3.8, 4) is 23.3 Å². The first kappa shape index (κ1) is 25.0. The van der Waals surface area contributed by atoms with Gasteiger partial charge >= 0.3 is 12.6 Å². The minimum Gasteiger partial charge on any atom is -0.457 e. The highest BCUT2D eigenvalue weighted by Crippen LogP contribution is 2.35. The van der Waals surface area contributed by atoms with Gasteiger partial charge in [-0.1, -0.05) is 61.8 Å². The van der Waals surface area contributed by atoms with Gasteiger partial charge in [0.2, 0.25) is 6.10 Å². The van der Waals surface area contributed by atoms with Crippen molar-refractivity contribution >= 4 is 17.6 Å². The summed E-state index contributed by atoms with van der Waals surface area (Å²) < 4.78 is 40.7. The van der Waals surface area contributed by atoms with Gasteiger partial charge in [-0.05, 0) is 47.9 Å². The molecule has 3 aromatic carbocycles. The molecule has 0 aliphatic rings. The zero-order chi connectivity index (χ0) is 24.7. The van der Waals surface area contributed by atoms with Crippen LogP contribution >= 0.6 is 11.6 Å². The lowest BCUT2D eigenvalue weighted by molar-refractivity contribution is -0.150. The Morgan fingerprint density at radius 2 is 1.65 bits per heavy atom. The number of benzene rings is 3. The Bertz CT molecular complexity index is 1160. The summed E-state index contributed by atoms with van der Waals surface area (Å²) in [4.78, 5) is 13.1. The molecule has 0 bridgehead atoms. The Kier molecular flexibility index (Phi) is 8.44.